The third kappa shape index (κ3) is 7.68. The number of amides is 1. The number of nitrogens with one attached hydrogen (secondary N) is 1. The van der Waals surface area contributed by atoms with Gasteiger partial charge in [0.25, 0.3) is 10.0 Å². The van der Waals surface area contributed by atoms with Gasteiger partial charge in [0.1, 0.15) is 18.0 Å². The molecule has 0 spiro atoms. The number of fused-ring (bicyclic) bond motifs is 1. The summed E-state index contributed by atoms with van der Waals surface area (Å²) in [7, 11) is -4.00. The van der Waals surface area contributed by atoms with Gasteiger partial charge in [-0.3, -0.25) is 4.31 Å². The Bertz CT molecular complexity index is 1480. The Kier molecular flexibility index (Phi) is 9.40. The minimum atomic E-state index is -4.00. The van der Waals surface area contributed by atoms with Crippen LogP contribution in [0.3, 0.4) is 0 Å². The average molecular weight is 579 g/mol. The normalized spacial score (nSPS) is 15.1. The third-order valence-electron chi connectivity index (χ3n) is 6.62. The molecule has 218 valence electrons. The molecule has 1 atom stereocenters. The molecule has 1 amide bonds. The monoisotopic (exact) mass is 578 g/mol. The Morgan fingerprint density at radius 1 is 1.02 bits per heavy atom. The number of hydrogen-bond donors (Lipinski definition) is 2. The van der Waals surface area contributed by atoms with Crippen LogP contribution in [-0.2, 0) is 21.4 Å². The lowest BCUT2D eigenvalue weighted by molar-refractivity contribution is 0.0526. The summed E-state index contributed by atoms with van der Waals surface area (Å²) in [6.45, 7) is 7.61. The van der Waals surface area contributed by atoms with Crippen molar-refractivity contribution in [3.05, 3.63) is 95.1 Å². The van der Waals surface area contributed by atoms with Crippen LogP contribution in [0.2, 0.25) is 0 Å². The van der Waals surface area contributed by atoms with Crippen LogP contribution in [0.5, 0.6) is 5.75 Å². The van der Waals surface area contributed by atoms with Crippen LogP contribution in [-0.4, -0.2) is 44.4 Å². The van der Waals surface area contributed by atoms with Gasteiger partial charge in [0.15, 0.2) is 0 Å². The van der Waals surface area contributed by atoms with E-state index >= 15 is 0 Å². The highest BCUT2D eigenvalue weighted by Crippen LogP contribution is 2.40. The zero-order chi connectivity index (χ0) is 29.6. The van der Waals surface area contributed by atoms with E-state index < -0.39 is 27.8 Å². The number of benzene rings is 3. The molecule has 41 heavy (non-hydrogen) atoms. The molecule has 0 aliphatic carbocycles. The van der Waals surface area contributed by atoms with E-state index in [2.05, 4.69) is 5.32 Å². The van der Waals surface area contributed by atoms with Crippen molar-refractivity contribution in [2.45, 2.75) is 63.7 Å². The predicted molar refractivity (Wildman–Crippen MR) is 160 cm³/mol. The van der Waals surface area contributed by atoms with E-state index in [4.69, 9.17) is 9.47 Å². The first-order chi connectivity index (χ1) is 19.5. The molecular formula is C32H38N2O6S. The molecule has 3 aromatic carbocycles. The summed E-state index contributed by atoms with van der Waals surface area (Å²) in [6.07, 6.45) is 2.14. The third-order valence-corrected chi connectivity index (χ3v) is 8.46. The summed E-state index contributed by atoms with van der Waals surface area (Å²) in [5.41, 5.74) is 3.04. The molecule has 3 aromatic rings. The first-order valence-corrected chi connectivity index (χ1v) is 15.1. The lowest BCUT2D eigenvalue weighted by Gasteiger charge is -2.38. The number of nitrogens with zero attached hydrogens (tertiary/aromatic N) is 1. The van der Waals surface area contributed by atoms with Gasteiger partial charge in [-0.2, -0.15) is 0 Å². The second-order valence-electron chi connectivity index (χ2n) is 11.1. The van der Waals surface area contributed by atoms with Crippen molar-refractivity contribution in [1.82, 2.24) is 5.32 Å². The molecule has 2 N–H and O–H groups in total. The molecule has 0 saturated carbocycles. The molecule has 0 bridgehead atoms. The Morgan fingerprint density at radius 2 is 1.73 bits per heavy atom. The maximum absolute atomic E-state index is 14.1. The number of aliphatic hydroxyl groups excluding tert-OH is 1. The van der Waals surface area contributed by atoms with E-state index in [-0.39, 0.29) is 11.5 Å². The van der Waals surface area contributed by atoms with Crippen molar-refractivity contribution in [2.24, 2.45) is 0 Å². The Morgan fingerprint density at radius 3 is 2.39 bits per heavy atom. The van der Waals surface area contributed by atoms with Gasteiger partial charge in [-0.1, -0.05) is 48.0 Å². The van der Waals surface area contributed by atoms with Gasteiger partial charge in [-0.25, -0.2) is 13.2 Å². The Hall–Kier alpha value is -3.82. The van der Waals surface area contributed by atoms with E-state index in [0.29, 0.717) is 48.6 Å². The van der Waals surface area contributed by atoms with Gasteiger partial charge in [0.05, 0.1) is 23.2 Å². The zero-order valence-electron chi connectivity index (χ0n) is 24.0. The maximum Gasteiger partial charge on any atom is 0.407 e. The maximum atomic E-state index is 14.1. The highest BCUT2D eigenvalue weighted by molar-refractivity contribution is 7.92. The molecule has 0 radical (unpaired) electrons. The van der Waals surface area contributed by atoms with Gasteiger partial charge in [0.2, 0.25) is 0 Å². The van der Waals surface area contributed by atoms with Crippen LogP contribution in [0.4, 0.5) is 10.5 Å². The number of aliphatic hydroxyl groups is 1. The summed E-state index contributed by atoms with van der Waals surface area (Å²) < 4.78 is 40.9. The molecule has 0 saturated heterocycles. The highest BCUT2D eigenvalue weighted by atomic mass is 32.2. The Balaban J connectivity index is 1.63. The summed E-state index contributed by atoms with van der Waals surface area (Å²) in [5.74, 6) is 0.592. The fourth-order valence-electron chi connectivity index (χ4n) is 4.67. The lowest BCUT2D eigenvalue weighted by Crippen LogP contribution is -2.44. The molecular weight excluding hydrogens is 540 g/mol. The van der Waals surface area contributed by atoms with Crippen molar-refractivity contribution in [3.8, 4) is 5.75 Å². The highest BCUT2D eigenvalue weighted by Gasteiger charge is 2.37. The van der Waals surface area contributed by atoms with E-state index in [1.807, 2.05) is 43.3 Å². The van der Waals surface area contributed by atoms with Gasteiger partial charge in [-0.05, 0) is 88.1 Å². The largest absolute Gasteiger partial charge is 0.489 e. The summed E-state index contributed by atoms with van der Waals surface area (Å²) in [5, 5.41) is 13.1. The molecule has 0 unspecified atom stereocenters. The topological polar surface area (TPSA) is 105 Å². The van der Waals surface area contributed by atoms with Gasteiger partial charge in [0, 0.05) is 12.1 Å². The summed E-state index contributed by atoms with van der Waals surface area (Å²) in [6, 6.07) is 21.2. The van der Waals surface area contributed by atoms with E-state index in [0.717, 1.165) is 11.1 Å². The first-order valence-electron chi connectivity index (χ1n) is 13.7. The lowest BCUT2D eigenvalue weighted by atomic mass is 9.94. The molecule has 9 heteroatoms. The van der Waals surface area contributed by atoms with Crippen molar-refractivity contribution >= 4 is 27.9 Å². The first kappa shape index (κ1) is 30.1. The smallest absolute Gasteiger partial charge is 0.407 e. The fourth-order valence-corrected chi connectivity index (χ4v) is 6.38. The average Bonchev–Trinajstić information content (AvgIpc) is 2.93. The number of anilines is 1. The van der Waals surface area contributed by atoms with Crippen LogP contribution in [0.25, 0.3) is 6.08 Å². The van der Waals surface area contributed by atoms with Crippen molar-refractivity contribution < 1.29 is 27.8 Å². The fraction of sp³-hybridized carbons (Fsp3) is 0.344. The number of aryl methyl sites for hydroxylation is 1. The molecule has 1 aliphatic rings. The van der Waals surface area contributed by atoms with E-state index in [9.17, 15) is 18.3 Å². The SMILES string of the molecule is Cc1ccc(S(=O)(=O)N2c3ccc(OCc4ccccc4)cc3C=C(CO)[C@@H]2CCCNC(=O)OC(C)(C)C)cc1. The number of alkyl carbamates (subject to hydrolysis) is 1. The van der Waals surface area contributed by atoms with Crippen LogP contribution in [0.1, 0.15) is 50.3 Å². The van der Waals surface area contributed by atoms with Crippen LogP contribution in [0, 0.1) is 6.92 Å². The number of hydrogen-bond acceptors (Lipinski definition) is 6. The van der Waals surface area contributed by atoms with Crippen LogP contribution < -0.4 is 14.4 Å². The molecule has 1 heterocycles. The number of ether oxygens (including phenoxy) is 2. The van der Waals surface area contributed by atoms with Crippen molar-refractivity contribution in [3.63, 3.8) is 0 Å². The minimum absolute atomic E-state index is 0.162. The molecule has 1 aliphatic heterocycles. The van der Waals surface area contributed by atoms with Crippen LogP contribution >= 0.6 is 0 Å². The van der Waals surface area contributed by atoms with Crippen molar-refractivity contribution in [1.29, 1.82) is 0 Å². The molecule has 0 fully saturated rings. The number of carbonyl (C=O) groups excluding carboxylic acids is 1. The Labute approximate surface area is 242 Å². The summed E-state index contributed by atoms with van der Waals surface area (Å²) in [4.78, 5) is 12.3. The van der Waals surface area contributed by atoms with E-state index in [1.165, 1.54) is 4.31 Å². The molecule has 8 nitrogen and oxygen atoms in total. The number of carbonyl (C=O) groups is 1. The standard InChI is InChI=1S/C32H38N2O6S/c1-23-12-15-28(16-13-23)41(37,38)34-29(11-8-18-33-31(36)40-32(2,3)4)26(21-35)19-25-20-27(14-17-30(25)34)39-22-24-9-6-5-7-10-24/h5-7,9-10,12-17,19-20,29,35H,8,11,18,21-22H2,1-4H3,(H,33,36)/t29-/m0/s1. The minimum Gasteiger partial charge on any atom is -0.489 e. The number of rotatable bonds is 10. The predicted octanol–water partition coefficient (Wildman–Crippen LogP) is 5.83. The van der Waals surface area contributed by atoms with Gasteiger partial charge in [-0.15, -0.1) is 0 Å². The second-order valence-corrected chi connectivity index (χ2v) is 12.9. The molecule has 0 aromatic heterocycles. The molecule has 4 rings (SSSR count). The van der Waals surface area contributed by atoms with Gasteiger partial charge < -0.3 is 19.9 Å². The number of sulfonamides is 1. The van der Waals surface area contributed by atoms with Gasteiger partial charge >= 0.3 is 6.09 Å². The summed E-state index contributed by atoms with van der Waals surface area (Å²) >= 11 is 0. The van der Waals surface area contributed by atoms with Crippen molar-refractivity contribution in [2.75, 3.05) is 17.5 Å². The van der Waals surface area contributed by atoms with E-state index in [1.54, 1.807) is 63.2 Å². The second kappa shape index (κ2) is 12.8. The van der Waals surface area contributed by atoms with Crippen LogP contribution in [0.15, 0.2) is 83.3 Å². The zero-order valence-corrected chi connectivity index (χ0v) is 24.8. The quantitative estimate of drug-likeness (QED) is 0.293.